The minimum Gasteiger partial charge on any atom is -0.370 e. The molecule has 1 heterocycles. The molecule has 1 aromatic rings. The van der Waals surface area contributed by atoms with E-state index in [1.54, 1.807) is 12.3 Å². The second kappa shape index (κ2) is 4.52. The van der Waals surface area contributed by atoms with Crippen molar-refractivity contribution in [2.75, 3.05) is 11.9 Å². The van der Waals surface area contributed by atoms with Crippen LogP contribution in [0.3, 0.4) is 0 Å². The second-order valence-corrected chi connectivity index (χ2v) is 5.17. The first-order valence-corrected chi connectivity index (χ1v) is 5.45. The Bertz CT molecular complexity index is 381. The molecule has 0 aliphatic carbocycles. The maximum atomic E-state index is 8.68. The first-order chi connectivity index (χ1) is 7.36. The fourth-order valence-electron chi connectivity index (χ4n) is 1.47. The summed E-state index contributed by atoms with van der Waals surface area (Å²) in [7, 11) is 2.05. The van der Waals surface area contributed by atoms with Crippen molar-refractivity contribution in [3.63, 3.8) is 0 Å². The van der Waals surface area contributed by atoms with E-state index in [4.69, 9.17) is 5.26 Å². The molecule has 1 aromatic heterocycles. The van der Waals surface area contributed by atoms with E-state index in [1.165, 1.54) is 0 Å². The molecule has 0 N–H and O–H groups in total. The molecule has 16 heavy (non-hydrogen) atoms. The van der Waals surface area contributed by atoms with Crippen molar-refractivity contribution in [3.05, 3.63) is 24.0 Å². The number of hydrogen-bond donors (Lipinski definition) is 0. The molecular weight excluding hydrogens is 198 g/mol. The van der Waals surface area contributed by atoms with Crippen LogP contribution in [0, 0.1) is 16.7 Å². The highest BCUT2D eigenvalue weighted by Crippen LogP contribution is 2.26. The van der Waals surface area contributed by atoms with Gasteiger partial charge in [0.2, 0.25) is 0 Å². The molecule has 0 radical (unpaired) electrons. The SMILES string of the molecule is CC(N(C)c1ccc(C#N)nc1)C(C)(C)C. The van der Waals surface area contributed by atoms with Gasteiger partial charge in [-0.1, -0.05) is 20.8 Å². The lowest BCUT2D eigenvalue weighted by atomic mass is 9.87. The Hall–Kier alpha value is -1.56. The van der Waals surface area contributed by atoms with Crippen LogP contribution in [-0.2, 0) is 0 Å². The summed E-state index contributed by atoms with van der Waals surface area (Å²) in [6.07, 6.45) is 1.75. The highest BCUT2D eigenvalue weighted by atomic mass is 15.1. The van der Waals surface area contributed by atoms with Crippen molar-refractivity contribution < 1.29 is 0 Å². The lowest BCUT2D eigenvalue weighted by molar-refractivity contribution is 0.329. The van der Waals surface area contributed by atoms with Gasteiger partial charge in [0.15, 0.2) is 0 Å². The van der Waals surface area contributed by atoms with E-state index in [0.29, 0.717) is 11.7 Å². The second-order valence-electron chi connectivity index (χ2n) is 5.17. The van der Waals surface area contributed by atoms with Gasteiger partial charge in [-0.15, -0.1) is 0 Å². The summed E-state index contributed by atoms with van der Waals surface area (Å²) >= 11 is 0. The highest BCUT2D eigenvalue weighted by Gasteiger charge is 2.24. The molecule has 3 heteroatoms. The molecule has 0 aromatic carbocycles. The van der Waals surface area contributed by atoms with Gasteiger partial charge in [-0.2, -0.15) is 5.26 Å². The van der Waals surface area contributed by atoms with Crippen LogP contribution in [0.15, 0.2) is 18.3 Å². The summed E-state index contributed by atoms with van der Waals surface area (Å²) < 4.78 is 0. The molecule has 0 aliphatic rings. The van der Waals surface area contributed by atoms with Crippen molar-refractivity contribution in [2.24, 2.45) is 5.41 Å². The van der Waals surface area contributed by atoms with Crippen molar-refractivity contribution in [1.29, 1.82) is 5.26 Å². The third kappa shape index (κ3) is 2.73. The molecule has 0 saturated carbocycles. The third-order valence-electron chi connectivity index (χ3n) is 3.10. The Balaban J connectivity index is 2.89. The predicted octanol–water partition coefficient (Wildman–Crippen LogP) is 2.82. The van der Waals surface area contributed by atoms with Crippen LogP contribution in [0.1, 0.15) is 33.4 Å². The Morgan fingerprint density at radius 3 is 2.38 bits per heavy atom. The number of nitrogens with zero attached hydrogens (tertiary/aromatic N) is 3. The Labute approximate surface area is 97.7 Å². The first kappa shape index (κ1) is 12.5. The number of pyridine rings is 1. The minimum absolute atomic E-state index is 0.211. The van der Waals surface area contributed by atoms with Gasteiger partial charge in [-0.3, -0.25) is 0 Å². The molecule has 86 valence electrons. The maximum Gasteiger partial charge on any atom is 0.140 e. The summed E-state index contributed by atoms with van der Waals surface area (Å²) in [5, 5.41) is 8.68. The fraction of sp³-hybridized carbons (Fsp3) is 0.538. The summed E-state index contributed by atoms with van der Waals surface area (Å²) in [6, 6.07) is 6.12. The maximum absolute atomic E-state index is 8.68. The first-order valence-electron chi connectivity index (χ1n) is 5.45. The molecule has 0 amide bonds. The van der Waals surface area contributed by atoms with E-state index < -0.39 is 0 Å². The van der Waals surface area contributed by atoms with Crippen molar-refractivity contribution in [3.8, 4) is 6.07 Å². The minimum atomic E-state index is 0.211. The molecule has 1 unspecified atom stereocenters. The quantitative estimate of drug-likeness (QED) is 0.764. The normalized spacial score (nSPS) is 13.0. The number of rotatable bonds is 2. The molecule has 1 rings (SSSR count). The third-order valence-corrected chi connectivity index (χ3v) is 3.10. The zero-order valence-electron chi connectivity index (χ0n) is 10.7. The average molecular weight is 217 g/mol. The van der Waals surface area contributed by atoms with Gasteiger partial charge in [0.25, 0.3) is 0 Å². The van der Waals surface area contributed by atoms with Crippen LogP contribution in [-0.4, -0.2) is 18.1 Å². The zero-order valence-corrected chi connectivity index (χ0v) is 10.7. The highest BCUT2D eigenvalue weighted by molar-refractivity contribution is 5.46. The van der Waals surface area contributed by atoms with E-state index in [1.807, 2.05) is 12.1 Å². The lowest BCUT2D eigenvalue weighted by Gasteiger charge is -2.36. The van der Waals surface area contributed by atoms with Gasteiger partial charge >= 0.3 is 0 Å². The zero-order chi connectivity index (χ0) is 12.3. The van der Waals surface area contributed by atoms with Crippen LogP contribution >= 0.6 is 0 Å². The molecule has 3 nitrogen and oxygen atoms in total. The molecule has 0 aliphatic heterocycles. The van der Waals surface area contributed by atoms with Gasteiger partial charge in [-0.05, 0) is 24.5 Å². The Morgan fingerprint density at radius 2 is 2.00 bits per heavy atom. The predicted molar refractivity (Wildman–Crippen MR) is 66.3 cm³/mol. The topological polar surface area (TPSA) is 39.9 Å². The van der Waals surface area contributed by atoms with Crippen molar-refractivity contribution >= 4 is 5.69 Å². The van der Waals surface area contributed by atoms with E-state index in [9.17, 15) is 0 Å². The van der Waals surface area contributed by atoms with Gasteiger partial charge in [-0.25, -0.2) is 4.98 Å². The van der Waals surface area contributed by atoms with Gasteiger partial charge in [0, 0.05) is 13.1 Å². The average Bonchev–Trinajstić information content (AvgIpc) is 2.26. The van der Waals surface area contributed by atoms with Crippen molar-refractivity contribution in [1.82, 2.24) is 4.98 Å². The molecule has 0 spiro atoms. The number of anilines is 1. The summed E-state index contributed by atoms with van der Waals surface area (Å²) in [5.74, 6) is 0. The lowest BCUT2D eigenvalue weighted by Crippen LogP contribution is -2.39. The molecule has 0 saturated heterocycles. The van der Waals surface area contributed by atoms with Crippen LogP contribution in [0.2, 0.25) is 0 Å². The van der Waals surface area contributed by atoms with Gasteiger partial charge in [0.1, 0.15) is 11.8 Å². The summed E-state index contributed by atoms with van der Waals surface area (Å²) in [5.41, 5.74) is 1.71. The van der Waals surface area contributed by atoms with Crippen LogP contribution in [0.5, 0.6) is 0 Å². The smallest absolute Gasteiger partial charge is 0.140 e. The Kier molecular flexibility index (Phi) is 3.54. The van der Waals surface area contributed by atoms with E-state index in [-0.39, 0.29) is 5.41 Å². The van der Waals surface area contributed by atoms with Gasteiger partial charge < -0.3 is 4.90 Å². The number of nitriles is 1. The summed E-state index contributed by atoms with van der Waals surface area (Å²) in [6.45, 7) is 8.83. The standard InChI is InChI=1S/C13H19N3/c1-10(13(2,3)4)16(5)12-7-6-11(8-14)15-9-12/h6-7,9-10H,1-5H3. The molecule has 0 bridgehead atoms. The fourth-order valence-corrected chi connectivity index (χ4v) is 1.47. The van der Waals surface area contributed by atoms with Crippen LogP contribution in [0.4, 0.5) is 5.69 Å². The molecule has 0 fully saturated rings. The molecule has 1 atom stereocenters. The van der Waals surface area contributed by atoms with E-state index in [0.717, 1.165) is 5.69 Å². The van der Waals surface area contributed by atoms with Gasteiger partial charge in [0.05, 0.1) is 11.9 Å². The van der Waals surface area contributed by atoms with E-state index in [2.05, 4.69) is 44.6 Å². The van der Waals surface area contributed by atoms with Crippen molar-refractivity contribution in [2.45, 2.75) is 33.7 Å². The number of hydrogen-bond acceptors (Lipinski definition) is 3. The van der Waals surface area contributed by atoms with Crippen LogP contribution < -0.4 is 4.90 Å². The van der Waals surface area contributed by atoms with Crippen LogP contribution in [0.25, 0.3) is 0 Å². The molecular formula is C13H19N3. The Morgan fingerprint density at radius 1 is 1.38 bits per heavy atom. The van der Waals surface area contributed by atoms with E-state index >= 15 is 0 Å². The summed E-state index contributed by atoms with van der Waals surface area (Å²) in [4.78, 5) is 6.27. The number of aromatic nitrogens is 1. The largest absolute Gasteiger partial charge is 0.370 e. The monoisotopic (exact) mass is 217 g/mol.